The highest BCUT2D eigenvalue weighted by Crippen LogP contribution is 2.45. The number of hydrogen-bond donors (Lipinski definition) is 0. The number of esters is 12. The molecule has 10 fully saturated rings. The van der Waals surface area contributed by atoms with Crippen LogP contribution in [0.3, 0.4) is 0 Å². The van der Waals surface area contributed by atoms with E-state index in [9.17, 15) is 38.4 Å². The molecule has 0 aromatic carbocycles. The van der Waals surface area contributed by atoms with Gasteiger partial charge in [0.05, 0.1) is 86.4 Å². The SMILES string of the molecule is C=CC(=O)OCCCCCCOC1CCC(C(=O)OC2CCC(OC(=O)C3CCC(OCCCCCCOC(=O)C=C)CC3)C(C(=O)OC(C(=O)OC3CCC4CCCCC4C3)C(OC(=O)C3CC(OC(=O)C4CCC(OCCCCCCOC(=O)C=C)CC4)CCC3OC(=O)C3CCC(OCCCCCCOC(=O)C=C)CC3)C(=O)OC3CCC4CCCCC4C3)C2)CC1. The van der Waals surface area contributed by atoms with Gasteiger partial charge in [-0.2, -0.15) is 0 Å². The molecule has 0 bridgehead atoms. The molecule has 10 aliphatic carbocycles. The molecule has 0 spiro atoms. The molecule has 10 saturated carbocycles. The van der Waals surface area contributed by atoms with Crippen molar-refractivity contribution in [2.75, 3.05) is 52.9 Å². The van der Waals surface area contributed by atoms with E-state index in [4.69, 9.17) is 75.8 Å². The zero-order valence-electron chi connectivity index (χ0n) is 77.7. The van der Waals surface area contributed by atoms with Crippen molar-refractivity contribution in [2.45, 2.75) is 407 Å². The Morgan fingerprint density at radius 2 is 0.469 bits per heavy atom. The van der Waals surface area contributed by atoms with E-state index in [-0.39, 0.29) is 74.8 Å². The smallest absolute Gasteiger partial charge is 0.352 e. The Labute approximate surface area is 771 Å². The second-order valence-corrected chi connectivity index (χ2v) is 38.5. The van der Waals surface area contributed by atoms with Gasteiger partial charge in [-0.15, -0.1) is 0 Å². The molecule has 0 heterocycles. The summed E-state index contributed by atoms with van der Waals surface area (Å²) >= 11 is 0. The van der Waals surface area contributed by atoms with Crippen LogP contribution in [0.5, 0.6) is 0 Å². The minimum absolute atomic E-state index is 0.0448. The van der Waals surface area contributed by atoms with Crippen LogP contribution in [0, 0.1) is 59.2 Å². The normalized spacial score (nSPS) is 29.6. The number of ether oxygens (including phenoxy) is 16. The molecule has 130 heavy (non-hydrogen) atoms. The molecular formula is C102H154O28. The zero-order chi connectivity index (χ0) is 92.2. The first-order valence-corrected chi connectivity index (χ1v) is 50.5. The summed E-state index contributed by atoms with van der Waals surface area (Å²) in [6, 6.07) is 0. The van der Waals surface area contributed by atoms with Gasteiger partial charge in [0.1, 0.15) is 36.6 Å². The topological polar surface area (TPSA) is 353 Å². The third kappa shape index (κ3) is 36.0. The van der Waals surface area contributed by atoms with Gasteiger partial charge in [0, 0.05) is 63.6 Å². The number of carbonyl (C=O) groups excluding carboxylic acids is 12. The molecule has 0 radical (unpaired) electrons. The fourth-order valence-electron chi connectivity index (χ4n) is 21.5. The maximum absolute atomic E-state index is 16.1. The first kappa shape index (κ1) is 105. The highest BCUT2D eigenvalue weighted by molar-refractivity contribution is 5.91. The van der Waals surface area contributed by atoms with Crippen molar-refractivity contribution in [3.63, 3.8) is 0 Å². The second kappa shape index (κ2) is 57.9. The van der Waals surface area contributed by atoms with Crippen LogP contribution in [-0.4, -0.2) is 198 Å². The first-order valence-electron chi connectivity index (χ1n) is 50.5. The van der Waals surface area contributed by atoms with Gasteiger partial charge >= 0.3 is 71.6 Å². The van der Waals surface area contributed by atoms with Gasteiger partial charge in [-0.1, -0.05) is 103 Å². The van der Waals surface area contributed by atoms with Crippen LogP contribution in [-0.2, 0) is 133 Å². The van der Waals surface area contributed by atoms with Crippen molar-refractivity contribution in [3.8, 4) is 0 Å². The maximum atomic E-state index is 16.1. The highest BCUT2D eigenvalue weighted by Gasteiger charge is 2.52. The molecule has 0 N–H and O–H groups in total. The van der Waals surface area contributed by atoms with Crippen molar-refractivity contribution in [3.05, 3.63) is 50.6 Å². The summed E-state index contributed by atoms with van der Waals surface area (Å²) in [4.78, 5) is 168. The molecule has 14 atom stereocenters. The molecule has 28 heteroatoms. The lowest BCUT2D eigenvalue weighted by atomic mass is 9.70. The lowest BCUT2D eigenvalue weighted by molar-refractivity contribution is -0.206. The fourth-order valence-corrected chi connectivity index (χ4v) is 21.5. The summed E-state index contributed by atoms with van der Waals surface area (Å²) in [6.07, 6.45) is 27.8. The van der Waals surface area contributed by atoms with Crippen LogP contribution in [0.25, 0.3) is 0 Å². The molecule has 730 valence electrons. The summed E-state index contributed by atoms with van der Waals surface area (Å²) in [6.45, 7) is 17.2. The van der Waals surface area contributed by atoms with Crippen LogP contribution in [0.1, 0.15) is 334 Å². The first-order chi connectivity index (χ1) is 63.2. The van der Waals surface area contributed by atoms with E-state index in [2.05, 4.69) is 26.3 Å². The standard InChI is InChI=1S/C102H154O28/c1-5-89(103)119-61-25-13-9-21-57-115-77-43-35-71(36-44-77)95(107)123-83-53-55-87(127-97(109)73-39-47-79(48-40-73)117-59-23-11-15-27-63-121-91(105)7-3)85(67-83)99(111)129-93(101(113)125-81-51-33-69-29-17-19-31-75(69)65-81)94(102(114)126-82-52-34-70-30-18-20-32-76(70)66-82)130-100(112)86-68-84(124-96(108)72-37-45-78(46-38-72)116-58-22-10-14-26-62-120-90(104)6-2)54-56-88(86)128-98(110)74-41-49-80(50-42-74)118-60-24-12-16-28-64-122-92(106)8-4/h5-8,69-88,93-94H,1-4,9-68H2. The molecule has 10 rings (SSSR count). The van der Waals surface area contributed by atoms with Crippen molar-refractivity contribution in [1.82, 2.24) is 0 Å². The van der Waals surface area contributed by atoms with Gasteiger partial charge < -0.3 is 75.8 Å². The van der Waals surface area contributed by atoms with E-state index in [1.54, 1.807) is 0 Å². The van der Waals surface area contributed by atoms with Crippen LogP contribution in [0.15, 0.2) is 50.6 Å². The fraction of sp³-hybridized carbons (Fsp3) is 0.804. The molecule has 0 aromatic rings. The van der Waals surface area contributed by atoms with Gasteiger partial charge in [-0.05, 0) is 268 Å². The van der Waals surface area contributed by atoms with Crippen molar-refractivity contribution < 1.29 is 133 Å². The quantitative estimate of drug-likeness (QED) is 0.0236. The zero-order valence-corrected chi connectivity index (χ0v) is 77.7. The molecule has 0 aliphatic heterocycles. The molecule has 0 saturated heterocycles. The molecule has 10 aliphatic rings. The Bertz CT molecular complexity index is 3320. The van der Waals surface area contributed by atoms with Gasteiger partial charge in [0.25, 0.3) is 0 Å². The third-order valence-electron chi connectivity index (χ3n) is 29.2. The van der Waals surface area contributed by atoms with Crippen LogP contribution in [0.2, 0.25) is 0 Å². The maximum Gasteiger partial charge on any atom is 0.352 e. The molecule has 14 unspecified atom stereocenters. The number of fused-ring (bicyclic) bond motifs is 2. The molecule has 0 amide bonds. The number of hydrogen-bond acceptors (Lipinski definition) is 28. The minimum Gasteiger partial charge on any atom is -0.463 e. The summed E-state index contributed by atoms with van der Waals surface area (Å²) in [5.41, 5.74) is 0. The van der Waals surface area contributed by atoms with E-state index in [0.29, 0.717) is 193 Å². The molecule has 28 nitrogen and oxygen atoms in total. The highest BCUT2D eigenvalue weighted by atomic mass is 16.7. The second-order valence-electron chi connectivity index (χ2n) is 38.5. The van der Waals surface area contributed by atoms with E-state index < -0.39 is 156 Å². The van der Waals surface area contributed by atoms with Crippen LogP contribution in [0.4, 0.5) is 0 Å². The van der Waals surface area contributed by atoms with Gasteiger partial charge in [0.15, 0.2) is 0 Å². The third-order valence-corrected chi connectivity index (χ3v) is 29.2. The van der Waals surface area contributed by atoms with E-state index >= 15 is 19.2 Å². The summed E-state index contributed by atoms with van der Waals surface area (Å²) in [7, 11) is 0. The lowest BCUT2D eigenvalue weighted by Crippen LogP contribution is -2.53. The average Bonchev–Trinajstić information content (AvgIpc) is 0.795. The van der Waals surface area contributed by atoms with Crippen molar-refractivity contribution in [2.24, 2.45) is 59.2 Å². The Kier molecular flexibility index (Phi) is 46.5. The van der Waals surface area contributed by atoms with E-state index in [0.717, 1.165) is 191 Å². The van der Waals surface area contributed by atoms with Crippen LogP contribution < -0.4 is 0 Å². The lowest BCUT2D eigenvalue weighted by Gasteiger charge is -2.40. The average molecular weight is 1830 g/mol. The number of rotatable bonds is 53. The molecular weight excluding hydrogens is 1670 g/mol. The number of carbonyl (C=O) groups is 12. The number of unbranched alkanes of at least 4 members (excludes halogenated alkanes) is 12. The minimum atomic E-state index is -2.31. The predicted octanol–water partition coefficient (Wildman–Crippen LogP) is 17.3. The van der Waals surface area contributed by atoms with Gasteiger partial charge in [0.2, 0.25) is 12.2 Å². The van der Waals surface area contributed by atoms with Crippen molar-refractivity contribution >= 4 is 71.6 Å². The summed E-state index contributed by atoms with van der Waals surface area (Å²) < 4.78 is 97.6. The van der Waals surface area contributed by atoms with E-state index in [1.807, 2.05) is 0 Å². The summed E-state index contributed by atoms with van der Waals surface area (Å²) in [5, 5.41) is 0. The van der Waals surface area contributed by atoms with Gasteiger partial charge in [-0.3, -0.25) is 28.8 Å². The summed E-state index contributed by atoms with van der Waals surface area (Å²) in [5.74, 6) is -11.7. The van der Waals surface area contributed by atoms with E-state index in [1.165, 1.54) is 0 Å². The van der Waals surface area contributed by atoms with Crippen molar-refractivity contribution in [1.29, 1.82) is 0 Å². The molecule has 0 aromatic heterocycles. The Morgan fingerprint density at radius 1 is 0.231 bits per heavy atom. The Balaban J connectivity index is 0.883. The Hall–Kier alpha value is -7.56. The monoisotopic (exact) mass is 1830 g/mol. The largest absolute Gasteiger partial charge is 0.463 e. The van der Waals surface area contributed by atoms with Gasteiger partial charge in [-0.25, -0.2) is 28.8 Å². The predicted molar refractivity (Wildman–Crippen MR) is 478 cm³/mol. The van der Waals surface area contributed by atoms with Crippen LogP contribution >= 0.6 is 0 Å². The Morgan fingerprint density at radius 3 is 0.746 bits per heavy atom.